The van der Waals surface area contributed by atoms with E-state index < -0.39 is 22.0 Å². The molecule has 1 N–H and O–H groups in total. The van der Waals surface area contributed by atoms with Gasteiger partial charge >= 0.3 is 5.97 Å². The van der Waals surface area contributed by atoms with Gasteiger partial charge in [-0.15, -0.1) is 0 Å². The lowest BCUT2D eigenvalue weighted by atomic mass is 10.0. The predicted molar refractivity (Wildman–Crippen MR) is 121 cm³/mol. The Bertz CT molecular complexity index is 1380. The van der Waals surface area contributed by atoms with Gasteiger partial charge in [0.1, 0.15) is 5.76 Å². The minimum Gasteiger partial charge on any atom is -0.480 e. The molecule has 0 bridgehead atoms. The van der Waals surface area contributed by atoms with Crippen molar-refractivity contribution in [1.29, 1.82) is 0 Å². The number of imidazole rings is 1. The molecule has 8 nitrogen and oxygen atoms in total. The van der Waals surface area contributed by atoms with Gasteiger partial charge in [-0.2, -0.15) is 4.31 Å². The van der Waals surface area contributed by atoms with Crippen molar-refractivity contribution in [2.75, 3.05) is 6.54 Å². The first-order chi connectivity index (χ1) is 15.9. The molecule has 1 aliphatic heterocycles. The fourth-order valence-electron chi connectivity index (χ4n) is 3.83. The highest BCUT2D eigenvalue weighted by atomic mass is 32.2. The summed E-state index contributed by atoms with van der Waals surface area (Å²) in [5.41, 5.74) is 1.71. The third-order valence-electron chi connectivity index (χ3n) is 5.46. The lowest BCUT2D eigenvalue weighted by molar-refractivity contribution is -0.142. The second-order valence-corrected chi connectivity index (χ2v) is 10.5. The maximum atomic E-state index is 13.3. The molecule has 33 heavy (non-hydrogen) atoms. The van der Waals surface area contributed by atoms with Gasteiger partial charge in [-0.3, -0.25) is 0 Å². The van der Waals surface area contributed by atoms with Crippen LogP contribution in [0.5, 0.6) is 0 Å². The Morgan fingerprint density at radius 3 is 2.39 bits per heavy atom. The second kappa shape index (κ2) is 8.54. The van der Waals surface area contributed by atoms with Crippen molar-refractivity contribution in [2.45, 2.75) is 27.1 Å². The van der Waals surface area contributed by atoms with Crippen LogP contribution in [0.4, 0.5) is 0 Å². The number of furan rings is 1. The van der Waals surface area contributed by atoms with Crippen molar-refractivity contribution < 1.29 is 22.7 Å². The van der Waals surface area contributed by atoms with E-state index >= 15 is 0 Å². The number of aromatic nitrogens is 2. The Morgan fingerprint density at radius 2 is 1.76 bits per heavy atom. The van der Waals surface area contributed by atoms with Crippen LogP contribution in [-0.4, -0.2) is 39.9 Å². The highest BCUT2D eigenvalue weighted by molar-refractivity contribution is 7.99. The number of nitrogens with zero attached hydrogens (tertiary/aromatic N) is 3. The Balaban J connectivity index is 1.35. The molecule has 0 spiro atoms. The molecule has 0 amide bonds. The number of rotatable bonds is 6. The number of fused-ring (bicyclic) bond motifs is 1. The van der Waals surface area contributed by atoms with Crippen LogP contribution in [-0.2, 0) is 21.2 Å². The molecule has 168 valence electrons. The maximum absolute atomic E-state index is 13.3. The van der Waals surface area contributed by atoms with Crippen LogP contribution in [0.2, 0.25) is 0 Å². The highest BCUT2D eigenvalue weighted by Gasteiger charge is 2.42. The largest absolute Gasteiger partial charge is 0.480 e. The number of carboxylic acid groups (broad SMARTS) is 1. The number of hydrogen-bond donors (Lipinski definition) is 1. The van der Waals surface area contributed by atoms with Gasteiger partial charge in [-0.1, -0.05) is 11.8 Å². The quantitative estimate of drug-likeness (QED) is 0.444. The molecule has 0 radical (unpaired) electrons. The van der Waals surface area contributed by atoms with Gasteiger partial charge in [-0.05, 0) is 66.6 Å². The Morgan fingerprint density at radius 1 is 1.06 bits per heavy atom. The molecule has 0 aliphatic carbocycles. The number of carboxylic acids is 1. The van der Waals surface area contributed by atoms with E-state index in [-0.39, 0.29) is 17.2 Å². The van der Waals surface area contributed by atoms with E-state index in [2.05, 4.69) is 4.98 Å². The molecule has 4 aromatic rings. The minimum atomic E-state index is -4.02. The molecular weight excluding hydrogens is 462 g/mol. The third kappa shape index (κ3) is 4.08. The van der Waals surface area contributed by atoms with E-state index in [4.69, 9.17) is 4.42 Å². The number of carbonyl (C=O) groups is 1. The van der Waals surface area contributed by atoms with Gasteiger partial charge in [0.05, 0.1) is 17.5 Å². The lowest BCUT2D eigenvalue weighted by Gasteiger charge is -2.31. The van der Waals surface area contributed by atoms with E-state index in [1.54, 1.807) is 30.7 Å². The number of aliphatic carboxylic acids is 1. The van der Waals surface area contributed by atoms with Gasteiger partial charge in [0.2, 0.25) is 10.0 Å². The molecular formula is C23H19N3O5S2. The average Bonchev–Trinajstić information content (AvgIpc) is 3.51. The van der Waals surface area contributed by atoms with Crippen molar-refractivity contribution in [1.82, 2.24) is 13.9 Å². The maximum Gasteiger partial charge on any atom is 0.329 e. The van der Waals surface area contributed by atoms with E-state index in [1.165, 1.54) is 30.2 Å². The summed E-state index contributed by atoms with van der Waals surface area (Å²) in [7, 11) is -4.02. The standard InChI is InChI=1S/C23H19N3O5S2/c27-23(28)21-22-16(10-14-31-22)9-12-26(21)33(29,30)20-7-5-19(6-8-20)32-18-3-1-17(2-4-18)25-13-11-24-15-25/h1-8,10-11,13-15,21H,9,12H2,(H,27,28). The molecule has 2 aromatic carbocycles. The smallest absolute Gasteiger partial charge is 0.329 e. The zero-order valence-corrected chi connectivity index (χ0v) is 18.9. The van der Waals surface area contributed by atoms with Crippen molar-refractivity contribution in [3.8, 4) is 5.69 Å². The first-order valence-electron chi connectivity index (χ1n) is 10.1. The molecule has 0 saturated carbocycles. The summed E-state index contributed by atoms with van der Waals surface area (Å²) >= 11 is 1.50. The molecule has 1 atom stereocenters. The van der Waals surface area contributed by atoms with Crippen LogP contribution >= 0.6 is 11.8 Å². The summed E-state index contributed by atoms with van der Waals surface area (Å²) in [6, 6.07) is 14.7. The van der Waals surface area contributed by atoms with Gasteiger partial charge in [0.15, 0.2) is 6.04 Å². The van der Waals surface area contributed by atoms with Crippen LogP contribution in [0.3, 0.4) is 0 Å². The summed E-state index contributed by atoms with van der Waals surface area (Å²) < 4.78 is 34.7. The van der Waals surface area contributed by atoms with Crippen molar-refractivity contribution in [3.05, 3.63) is 90.9 Å². The minimum absolute atomic E-state index is 0.0450. The number of benzene rings is 2. The summed E-state index contributed by atoms with van der Waals surface area (Å²) in [6.45, 7) is 0.0750. The van der Waals surface area contributed by atoms with Crippen LogP contribution < -0.4 is 0 Å². The fourth-order valence-corrected chi connectivity index (χ4v) is 6.19. The normalized spacial score (nSPS) is 16.4. The van der Waals surface area contributed by atoms with E-state index in [0.29, 0.717) is 6.42 Å². The molecule has 5 rings (SSSR count). The zero-order valence-electron chi connectivity index (χ0n) is 17.2. The summed E-state index contributed by atoms with van der Waals surface area (Å²) in [6.07, 6.45) is 7.10. The van der Waals surface area contributed by atoms with Gasteiger partial charge in [0, 0.05) is 34.4 Å². The fraction of sp³-hybridized carbons (Fsp3) is 0.130. The second-order valence-electron chi connectivity index (χ2n) is 7.45. The Kier molecular flexibility index (Phi) is 5.57. The lowest BCUT2D eigenvalue weighted by Crippen LogP contribution is -2.43. The zero-order chi connectivity index (χ0) is 23.0. The first-order valence-corrected chi connectivity index (χ1v) is 12.4. The number of hydrogen-bond acceptors (Lipinski definition) is 6. The van der Waals surface area contributed by atoms with E-state index in [0.717, 1.165) is 25.3 Å². The molecule has 0 fully saturated rings. The third-order valence-corrected chi connectivity index (χ3v) is 8.35. The molecule has 0 saturated heterocycles. The Hall–Kier alpha value is -3.34. The van der Waals surface area contributed by atoms with Gasteiger partial charge < -0.3 is 14.1 Å². The first kappa shape index (κ1) is 21.5. The summed E-state index contributed by atoms with van der Waals surface area (Å²) in [5, 5.41) is 9.70. The van der Waals surface area contributed by atoms with Crippen molar-refractivity contribution >= 4 is 27.8 Å². The topological polar surface area (TPSA) is 106 Å². The van der Waals surface area contributed by atoms with Gasteiger partial charge in [0.25, 0.3) is 0 Å². The predicted octanol–water partition coefficient (Wildman–Crippen LogP) is 3.99. The van der Waals surface area contributed by atoms with E-state index in [9.17, 15) is 18.3 Å². The monoisotopic (exact) mass is 481 g/mol. The molecule has 1 unspecified atom stereocenters. The van der Waals surface area contributed by atoms with Crippen LogP contribution in [0, 0.1) is 0 Å². The van der Waals surface area contributed by atoms with Crippen LogP contribution in [0.1, 0.15) is 17.4 Å². The summed E-state index contributed by atoms with van der Waals surface area (Å²) in [4.78, 5) is 17.8. The number of sulfonamides is 1. The van der Waals surface area contributed by atoms with Crippen molar-refractivity contribution in [2.24, 2.45) is 0 Å². The average molecular weight is 482 g/mol. The Labute approximate surface area is 194 Å². The van der Waals surface area contributed by atoms with Crippen molar-refractivity contribution in [3.63, 3.8) is 0 Å². The summed E-state index contributed by atoms with van der Waals surface area (Å²) in [5.74, 6) is -1.09. The van der Waals surface area contributed by atoms with Crippen LogP contribution in [0.15, 0.2) is 98.7 Å². The molecule has 1 aliphatic rings. The molecule has 10 heteroatoms. The SMILES string of the molecule is O=C(O)C1c2occc2CCN1S(=O)(=O)c1ccc(Sc2ccc(-n3ccnc3)cc2)cc1. The highest BCUT2D eigenvalue weighted by Crippen LogP contribution is 2.36. The molecule has 2 aromatic heterocycles. The molecule has 3 heterocycles. The van der Waals surface area contributed by atoms with Gasteiger partial charge in [-0.25, -0.2) is 18.2 Å². The van der Waals surface area contributed by atoms with E-state index in [1.807, 2.05) is 35.0 Å². The van der Waals surface area contributed by atoms with Crippen LogP contribution in [0.25, 0.3) is 5.69 Å².